The van der Waals surface area contributed by atoms with Crippen molar-refractivity contribution in [2.75, 3.05) is 33.2 Å². The van der Waals surface area contributed by atoms with Gasteiger partial charge in [-0.2, -0.15) is 0 Å². The molecule has 0 spiro atoms. The Morgan fingerprint density at radius 3 is 2.67 bits per heavy atom. The van der Waals surface area contributed by atoms with Crippen LogP contribution in [0, 0.1) is 16.2 Å². The van der Waals surface area contributed by atoms with Gasteiger partial charge in [0.2, 0.25) is 5.91 Å². The number of nitrogens with zero attached hydrogens (tertiary/aromatic N) is 1. The van der Waals surface area contributed by atoms with Gasteiger partial charge in [-0.1, -0.05) is 25.1 Å². The Balaban J connectivity index is 1.92. The molecular formula is C17H28ClN5O. The number of hydrogen-bond acceptors (Lipinski definition) is 5. The lowest BCUT2D eigenvalue weighted by Crippen LogP contribution is -2.35. The van der Waals surface area contributed by atoms with Crippen molar-refractivity contribution in [3.05, 3.63) is 24.7 Å². The molecule has 2 fully saturated rings. The van der Waals surface area contributed by atoms with E-state index in [9.17, 15) is 4.79 Å². The van der Waals surface area contributed by atoms with Gasteiger partial charge in [0, 0.05) is 25.7 Å². The fraction of sp³-hybridized carbons (Fsp3) is 0.647. The summed E-state index contributed by atoms with van der Waals surface area (Å²) in [5.74, 6) is 0.420. The first-order chi connectivity index (χ1) is 11.4. The van der Waals surface area contributed by atoms with Crippen LogP contribution in [-0.2, 0) is 4.79 Å². The third-order valence-electron chi connectivity index (χ3n) is 5.00. The number of halogens is 1. The quantitative estimate of drug-likeness (QED) is 0.402. The number of amides is 1. The molecule has 0 radical (unpaired) electrons. The van der Waals surface area contributed by atoms with E-state index in [1.54, 1.807) is 0 Å². The van der Waals surface area contributed by atoms with Crippen LogP contribution in [0.4, 0.5) is 0 Å². The van der Waals surface area contributed by atoms with Crippen LogP contribution in [0.5, 0.6) is 0 Å². The van der Waals surface area contributed by atoms with Crippen molar-refractivity contribution in [1.82, 2.24) is 20.9 Å². The van der Waals surface area contributed by atoms with Gasteiger partial charge in [-0.15, -0.1) is 0 Å². The monoisotopic (exact) mass is 353 g/mol. The van der Waals surface area contributed by atoms with Crippen LogP contribution < -0.4 is 16.0 Å². The molecule has 0 aromatic rings. The molecule has 6 nitrogen and oxygen atoms in total. The zero-order valence-corrected chi connectivity index (χ0v) is 15.3. The largest absolute Gasteiger partial charge is 0.349 e. The predicted molar refractivity (Wildman–Crippen MR) is 97.9 cm³/mol. The van der Waals surface area contributed by atoms with Gasteiger partial charge in [-0.25, -0.2) is 0 Å². The first kappa shape index (κ1) is 19.0. The van der Waals surface area contributed by atoms with Crippen molar-refractivity contribution in [3.63, 3.8) is 0 Å². The topological polar surface area (TPSA) is 80.2 Å². The summed E-state index contributed by atoms with van der Waals surface area (Å²) in [7, 11) is 1.96. The molecule has 2 aliphatic rings. The third-order valence-corrected chi connectivity index (χ3v) is 5.11. The van der Waals surface area contributed by atoms with Gasteiger partial charge >= 0.3 is 0 Å². The fourth-order valence-electron chi connectivity index (χ4n) is 3.56. The van der Waals surface area contributed by atoms with Gasteiger partial charge in [-0.05, 0) is 44.5 Å². The second-order valence-corrected chi connectivity index (χ2v) is 7.21. The summed E-state index contributed by atoms with van der Waals surface area (Å²) in [5.41, 5.74) is -0.0805. The minimum atomic E-state index is -0.227. The molecule has 0 aromatic carbocycles. The van der Waals surface area contributed by atoms with Crippen LogP contribution in [0.25, 0.3) is 0 Å². The molecule has 0 heterocycles. The Hall–Kier alpha value is -1.37. The van der Waals surface area contributed by atoms with Gasteiger partial charge < -0.3 is 20.9 Å². The zero-order chi connectivity index (χ0) is 17.8. The van der Waals surface area contributed by atoms with Gasteiger partial charge in [0.15, 0.2) is 0 Å². The highest BCUT2D eigenvalue weighted by molar-refractivity contribution is 6.67. The van der Waals surface area contributed by atoms with E-state index < -0.39 is 0 Å². The van der Waals surface area contributed by atoms with Crippen molar-refractivity contribution < 1.29 is 4.79 Å². The van der Waals surface area contributed by atoms with E-state index in [-0.39, 0.29) is 21.9 Å². The molecule has 24 heavy (non-hydrogen) atoms. The first-order valence-electron chi connectivity index (χ1n) is 8.44. The predicted octanol–water partition coefficient (Wildman–Crippen LogP) is 1.60. The van der Waals surface area contributed by atoms with Gasteiger partial charge in [0.25, 0.3) is 0 Å². The molecule has 2 saturated carbocycles. The molecule has 4 N–H and O–H groups in total. The molecule has 0 atom stereocenters. The summed E-state index contributed by atoms with van der Waals surface area (Å²) in [6.07, 6.45) is 5.85. The number of rotatable bonds is 12. The average molecular weight is 354 g/mol. The minimum absolute atomic E-state index is 0.0195. The van der Waals surface area contributed by atoms with Crippen LogP contribution in [0.2, 0.25) is 0 Å². The van der Waals surface area contributed by atoms with Crippen molar-refractivity contribution in [2.45, 2.75) is 26.2 Å². The highest BCUT2D eigenvalue weighted by Crippen LogP contribution is 2.86. The Morgan fingerprint density at radius 2 is 2.12 bits per heavy atom. The summed E-state index contributed by atoms with van der Waals surface area (Å²) < 4.78 is 0. The lowest BCUT2D eigenvalue weighted by atomic mass is 10.2. The van der Waals surface area contributed by atoms with Gasteiger partial charge in [0.05, 0.1) is 5.41 Å². The van der Waals surface area contributed by atoms with E-state index >= 15 is 0 Å². The summed E-state index contributed by atoms with van der Waals surface area (Å²) >= 11 is 5.58. The smallest absolute Gasteiger partial charge is 0.232 e. The number of allylic oxidation sites excluding steroid dienone is 1. The SMILES string of the molecule is C=CNC(=CC(=N)Cl)NC(=O)C12CC1(CN(CCC)CCNC)C2. The number of carbonyl (C=O) groups is 1. The molecule has 2 rings (SSSR count). The van der Waals surface area contributed by atoms with Gasteiger partial charge in [-0.3, -0.25) is 10.2 Å². The van der Waals surface area contributed by atoms with Crippen LogP contribution in [-0.4, -0.2) is 49.2 Å². The lowest BCUT2D eigenvalue weighted by molar-refractivity contribution is -0.123. The molecule has 1 amide bonds. The van der Waals surface area contributed by atoms with E-state index in [1.807, 2.05) is 7.05 Å². The van der Waals surface area contributed by atoms with E-state index in [2.05, 4.69) is 34.4 Å². The minimum Gasteiger partial charge on any atom is -0.349 e. The van der Waals surface area contributed by atoms with E-state index in [0.717, 1.165) is 45.4 Å². The maximum atomic E-state index is 12.6. The molecule has 134 valence electrons. The number of nitrogens with one attached hydrogen (secondary N) is 4. The second-order valence-electron chi connectivity index (χ2n) is 6.80. The van der Waals surface area contributed by atoms with Crippen LogP contribution >= 0.6 is 11.6 Å². The van der Waals surface area contributed by atoms with Crippen LogP contribution in [0.15, 0.2) is 24.7 Å². The second kappa shape index (κ2) is 7.68. The normalized spacial score (nSPS) is 27.4. The number of carbonyl (C=O) groups excluding carboxylic acids is 1. The number of likely N-dealkylation sites (N-methyl/N-ethyl adjacent to an activating group) is 1. The Bertz CT molecular complexity index is 539. The Labute approximate surface area is 149 Å². The summed E-state index contributed by atoms with van der Waals surface area (Å²) in [6.45, 7) is 9.78. The lowest BCUT2D eigenvalue weighted by Gasteiger charge is -2.22. The highest BCUT2D eigenvalue weighted by Gasteiger charge is 2.86. The standard InChI is InChI=1S/C17H28ClN5O/c1-4-7-23(8-6-20-3)12-16-10-17(16,11-16)15(24)22-14(21-5-2)9-13(18)19/h5,9,19-21H,2,4,6-8,10-12H2,1,3H3,(H,22,24). The van der Waals surface area contributed by atoms with Crippen LogP contribution in [0.3, 0.4) is 0 Å². The molecule has 2 aliphatic carbocycles. The van der Waals surface area contributed by atoms with Crippen molar-refractivity contribution >= 4 is 22.7 Å². The molecular weight excluding hydrogens is 326 g/mol. The molecule has 0 aliphatic heterocycles. The first-order valence-corrected chi connectivity index (χ1v) is 8.82. The molecule has 0 unspecified atom stereocenters. The molecule has 7 heteroatoms. The fourth-order valence-corrected chi connectivity index (χ4v) is 3.67. The third kappa shape index (κ3) is 3.99. The molecule has 0 aromatic heterocycles. The van der Waals surface area contributed by atoms with E-state index in [4.69, 9.17) is 17.0 Å². The van der Waals surface area contributed by atoms with Crippen molar-refractivity contribution in [2.24, 2.45) is 10.8 Å². The average Bonchev–Trinajstić information content (AvgIpc) is 3.31. The van der Waals surface area contributed by atoms with Crippen molar-refractivity contribution in [3.8, 4) is 0 Å². The Kier molecular flexibility index (Phi) is 6.06. The van der Waals surface area contributed by atoms with Gasteiger partial charge in [0.1, 0.15) is 11.0 Å². The van der Waals surface area contributed by atoms with Crippen LogP contribution in [0.1, 0.15) is 26.2 Å². The maximum Gasteiger partial charge on any atom is 0.232 e. The summed E-state index contributed by atoms with van der Waals surface area (Å²) in [5, 5.41) is 16.0. The molecule has 0 saturated heterocycles. The number of hydrogen-bond donors (Lipinski definition) is 4. The summed E-state index contributed by atoms with van der Waals surface area (Å²) in [4.78, 5) is 15.1. The zero-order valence-electron chi connectivity index (χ0n) is 14.5. The van der Waals surface area contributed by atoms with Crippen molar-refractivity contribution in [1.29, 1.82) is 5.41 Å². The van der Waals surface area contributed by atoms with E-state index in [1.165, 1.54) is 12.3 Å². The highest BCUT2D eigenvalue weighted by atomic mass is 35.5. The summed E-state index contributed by atoms with van der Waals surface area (Å²) in [6, 6.07) is 0. The maximum absolute atomic E-state index is 12.6. The molecule has 0 bridgehead atoms. The van der Waals surface area contributed by atoms with E-state index in [0.29, 0.717) is 5.82 Å². The Morgan fingerprint density at radius 1 is 1.42 bits per heavy atom. The number of fused-ring (bicyclic) bond motifs is 1.